The van der Waals surface area contributed by atoms with Crippen LogP contribution in [0, 0.1) is 5.92 Å². The van der Waals surface area contributed by atoms with E-state index in [9.17, 15) is 17.2 Å². The number of hydrogen-bond donors (Lipinski definition) is 1. The van der Waals surface area contributed by atoms with E-state index < -0.39 is 16.4 Å². The Balaban J connectivity index is 1.60. The van der Waals surface area contributed by atoms with Crippen molar-refractivity contribution in [2.24, 2.45) is 5.92 Å². The van der Waals surface area contributed by atoms with Gasteiger partial charge in [-0.2, -0.15) is 5.10 Å². The van der Waals surface area contributed by atoms with Crippen LogP contribution in [-0.2, 0) is 10.0 Å². The molecule has 2 atom stereocenters. The molecular formula is C19H23F2N7O2S. The summed E-state index contributed by atoms with van der Waals surface area (Å²) < 4.78 is 53.3. The topological polar surface area (TPSA) is 105 Å². The fraction of sp³-hybridized carbons (Fsp3) is 0.474. The minimum atomic E-state index is -3.29. The number of nitrogens with zero attached hydrogens (tertiary/aromatic N) is 6. The van der Waals surface area contributed by atoms with Crippen molar-refractivity contribution in [3.8, 4) is 11.4 Å². The standard InChI is InChI=1S/C19H23F2N7O2S/c1-12(26-31(2,29)30)13-4-3-7-27(10-13)18-8-15(23-11-24-18)16-9-22-17-6-5-14(19(20)21)25-28(16)17/h5-6,8-9,11-13,19,26H,3-4,7,10H2,1-2H3. The van der Waals surface area contributed by atoms with E-state index in [4.69, 9.17) is 0 Å². The number of hydrogen-bond acceptors (Lipinski definition) is 7. The second kappa shape index (κ2) is 8.42. The van der Waals surface area contributed by atoms with Gasteiger partial charge in [0.25, 0.3) is 6.43 Å². The Kier molecular flexibility index (Phi) is 5.84. The molecule has 0 bridgehead atoms. The third-order valence-corrected chi connectivity index (χ3v) is 6.21. The lowest BCUT2D eigenvalue weighted by Gasteiger charge is -2.36. The molecule has 1 fully saturated rings. The second-order valence-electron chi connectivity index (χ2n) is 7.76. The number of anilines is 1. The summed E-state index contributed by atoms with van der Waals surface area (Å²) in [5, 5.41) is 3.99. The highest BCUT2D eigenvalue weighted by Crippen LogP contribution is 2.27. The zero-order valence-electron chi connectivity index (χ0n) is 17.1. The highest BCUT2D eigenvalue weighted by atomic mass is 32.2. The molecular weight excluding hydrogens is 428 g/mol. The fourth-order valence-electron chi connectivity index (χ4n) is 3.90. The summed E-state index contributed by atoms with van der Waals surface area (Å²) in [7, 11) is -3.29. The quantitative estimate of drug-likeness (QED) is 0.613. The molecule has 166 valence electrons. The first kappa shape index (κ1) is 21.5. The monoisotopic (exact) mass is 451 g/mol. The van der Waals surface area contributed by atoms with E-state index >= 15 is 0 Å². The SMILES string of the molecule is CC(NS(C)(=O)=O)C1CCCN(c2cc(-c3cnc4ccc(C(F)F)nn34)ncn2)C1. The van der Waals surface area contributed by atoms with Crippen molar-refractivity contribution in [2.45, 2.75) is 32.2 Å². The van der Waals surface area contributed by atoms with E-state index in [0.717, 1.165) is 25.6 Å². The summed E-state index contributed by atoms with van der Waals surface area (Å²) in [6.07, 6.45) is 3.24. The zero-order valence-corrected chi connectivity index (χ0v) is 17.9. The minimum absolute atomic E-state index is 0.132. The molecule has 0 aliphatic carbocycles. The summed E-state index contributed by atoms with van der Waals surface area (Å²) in [4.78, 5) is 15.0. The number of halogens is 2. The van der Waals surface area contributed by atoms with Crippen LogP contribution in [0.3, 0.4) is 0 Å². The van der Waals surface area contributed by atoms with Crippen molar-refractivity contribution in [2.75, 3.05) is 24.2 Å². The minimum Gasteiger partial charge on any atom is -0.356 e. The van der Waals surface area contributed by atoms with Gasteiger partial charge in [0.05, 0.1) is 18.1 Å². The zero-order chi connectivity index (χ0) is 22.2. The van der Waals surface area contributed by atoms with Crippen molar-refractivity contribution < 1.29 is 17.2 Å². The highest BCUT2D eigenvalue weighted by molar-refractivity contribution is 7.88. The number of nitrogens with one attached hydrogen (secondary N) is 1. The molecule has 12 heteroatoms. The molecule has 4 rings (SSSR count). The van der Waals surface area contributed by atoms with Crippen LogP contribution in [0.4, 0.5) is 14.6 Å². The number of sulfonamides is 1. The number of imidazole rings is 1. The van der Waals surface area contributed by atoms with E-state index in [-0.39, 0.29) is 17.7 Å². The maximum Gasteiger partial charge on any atom is 0.282 e. The number of rotatable bonds is 6. The lowest BCUT2D eigenvalue weighted by Crippen LogP contribution is -2.46. The van der Waals surface area contributed by atoms with Crippen LogP contribution >= 0.6 is 0 Å². The molecule has 9 nitrogen and oxygen atoms in total. The molecule has 1 N–H and O–H groups in total. The molecule has 1 saturated heterocycles. The fourth-order valence-corrected chi connectivity index (χ4v) is 4.77. The lowest BCUT2D eigenvalue weighted by atomic mass is 9.92. The van der Waals surface area contributed by atoms with Gasteiger partial charge in [-0.3, -0.25) is 0 Å². The van der Waals surface area contributed by atoms with Crippen LogP contribution in [0.25, 0.3) is 17.0 Å². The average Bonchev–Trinajstić information content (AvgIpc) is 3.16. The van der Waals surface area contributed by atoms with Crippen LogP contribution in [0.1, 0.15) is 31.9 Å². The Bertz CT molecular complexity index is 1180. The largest absolute Gasteiger partial charge is 0.356 e. The molecule has 31 heavy (non-hydrogen) atoms. The van der Waals surface area contributed by atoms with Gasteiger partial charge in [-0.25, -0.2) is 41.4 Å². The third kappa shape index (κ3) is 4.79. The van der Waals surface area contributed by atoms with Gasteiger partial charge in [-0.15, -0.1) is 0 Å². The van der Waals surface area contributed by atoms with Crippen LogP contribution in [-0.4, -0.2) is 58.4 Å². The van der Waals surface area contributed by atoms with E-state index in [2.05, 4.69) is 29.7 Å². The summed E-state index contributed by atoms with van der Waals surface area (Å²) in [5.41, 5.74) is 1.10. The van der Waals surface area contributed by atoms with Gasteiger partial charge < -0.3 is 4.90 Å². The molecule has 3 aromatic rings. The van der Waals surface area contributed by atoms with Gasteiger partial charge in [0.2, 0.25) is 10.0 Å². The molecule has 1 aliphatic heterocycles. The maximum atomic E-state index is 13.1. The highest BCUT2D eigenvalue weighted by Gasteiger charge is 2.27. The van der Waals surface area contributed by atoms with Crippen LogP contribution in [0.5, 0.6) is 0 Å². The van der Waals surface area contributed by atoms with Crippen LogP contribution in [0.2, 0.25) is 0 Å². The lowest BCUT2D eigenvalue weighted by molar-refractivity contribution is 0.144. The van der Waals surface area contributed by atoms with Gasteiger partial charge in [0.1, 0.15) is 23.5 Å². The summed E-state index contributed by atoms with van der Waals surface area (Å²) >= 11 is 0. The number of piperidine rings is 1. The Morgan fingerprint density at radius 1 is 1.23 bits per heavy atom. The average molecular weight is 452 g/mol. The molecule has 0 radical (unpaired) electrons. The number of alkyl halides is 2. The first-order valence-electron chi connectivity index (χ1n) is 9.89. The summed E-state index contributed by atoms with van der Waals surface area (Å²) in [6, 6.07) is 4.32. The molecule has 0 saturated carbocycles. The summed E-state index contributed by atoms with van der Waals surface area (Å²) in [5.74, 6) is 0.814. The van der Waals surface area contributed by atoms with Crippen molar-refractivity contribution in [3.05, 3.63) is 36.4 Å². The van der Waals surface area contributed by atoms with Crippen molar-refractivity contribution >= 4 is 21.5 Å². The molecule has 3 aromatic heterocycles. The maximum absolute atomic E-state index is 13.1. The van der Waals surface area contributed by atoms with Crippen molar-refractivity contribution in [1.82, 2.24) is 29.3 Å². The normalized spacial score (nSPS) is 18.6. The Morgan fingerprint density at radius 3 is 2.77 bits per heavy atom. The van der Waals surface area contributed by atoms with Gasteiger partial charge in [-0.05, 0) is 37.8 Å². The third-order valence-electron chi connectivity index (χ3n) is 5.41. The van der Waals surface area contributed by atoms with E-state index in [1.807, 2.05) is 6.92 Å². The Morgan fingerprint density at radius 2 is 2.03 bits per heavy atom. The predicted octanol–water partition coefficient (Wildman–Crippen LogP) is 2.28. The molecule has 0 amide bonds. The predicted molar refractivity (Wildman–Crippen MR) is 111 cm³/mol. The van der Waals surface area contributed by atoms with E-state index in [0.29, 0.717) is 29.4 Å². The first-order chi connectivity index (χ1) is 14.7. The molecule has 2 unspecified atom stereocenters. The number of aromatic nitrogens is 5. The number of fused-ring (bicyclic) bond motifs is 1. The van der Waals surface area contributed by atoms with Gasteiger partial charge in [0.15, 0.2) is 5.65 Å². The molecule has 0 spiro atoms. The summed E-state index contributed by atoms with van der Waals surface area (Å²) in [6.45, 7) is 3.28. The van der Waals surface area contributed by atoms with E-state index in [1.54, 1.807) is 12.3 Å². The first-order valence-corrected chi connectivity index (χ1v) is 11.8. The van der Waals surface area contributed by atoms with Crippen LogP contribution in [0.15, 0.2) is 30.7 Å². The Hall–Kier alpha value is -2.73. The van der Waals surface area contributed by atoms with Crippen molar-refractivity contribution in [3.63, 3.8) is 0 Å². The van der Waals surface area contributed by atoms with Gasteiger partial charge >= 0.3 is 0 Å². The van der Waals surface area contributed by atoms with Gasteiger partial charge in [-0.1, -0.05) is 0 Å². The van der Waals surface area contributed by atoms with E-state index in [1.165, 1.54) is 23.0 Å². The Labute approximate surface area is 178 Å². The van der Waals surface area contributed by atoms with Gasteiger partial charge in [0, 0.05) is 25.2 Å². The smallest absolute Gasteiger partial charge is 0.282 e. The van der Waals surface area contributed by atoms with Crippen molar-refractivity contribution in [1.29, 1.82) is 0 Å². The second-order valence-corrected chi connectivity index (χ2v) is 9.54. The van der Waals surface area contributed by atoms with Crippen LogP contribution < -0.4 is 9.62 Å². The molecule has 1 aliphatic rings. The molecule has 4 heterocycles. The molecule has 0 aromatic carbocycles.